The highest BCUT2D eigenvalue weighted by atomic mass is 35.5. The van der Waals surface area contributed by atoms with E-state index in [0.29, 0.717) is 6.54 Å². The maximum absolute atomic E-state index is 10.5. The molecule has 0 heterocycles. The number of hydrogen-bond acceptors (Lipinski definition) is 3. The number of rotatable bonds is 5. The number of carbonyl (C=O) groups is 2. The van der Waals surface area contributed by atoms with Gasteiger partial charge in [0, 0.05) is 6.42 Å². The molecule has 0 aromatic carbocycles. The van der Waals surface area contributed by atoms with Crippen LogP contribution in [0.2, 0.25) is 0 Å². The summed E-state index contributed by atoms with van der Waals surface area (Å²) in [6.45, 7) is 3.74. The average Bonchev–Trinajstić information content (AvgIpc) is 1.86. The van der Waals surface area contributed by atoms with Crippen molar-refractivity contribution in [2.45, 2.75) is 26.3 Å². The molecule has 0 aliphatic rings. The van der Waals surface area contributed by atoms with E-state index < -0.39 is 12.0 Å². The molecular weight excluding hydrogens is 182 g/mol. The predicted molar refractivity (Wildman–Crippen MR) is 47.6 cm³/mol. The first-order valence-electron chi connectivity index (χ1n) is 3.53. The summed E-state index contributed by atoms with van der Waals surface area (Å²) >= 11 is 0. The Morgan fingerprint density at radius 3 is 2.25 bits per heavy atom. The van der Waals surface area contributed by atoms with Gasteiger partial charge in [0.2, 0.25) is 0 Å². The maximum Gasteiger partial charge on any atom is 0.321 e. The van der Waals surface area contributed by atoms with Crippen LogP contribution in [0.3, 0.4) is 0 Å². The van der Waals surface area contributed by atoms with Gasteiger partial charge in [-0.3, -0.25) is 9.59 Å². The van der Waals surface area contributed by atoms with Crippen LogP contribution in [0.5, 0.6) is 0 Å². The number of likely N-dealkylation sites (N-methyl/N-ethyl adjacent to an activating group) is 1. The third-order valence-electron chi connectivity index (χ3n) is 1.24. The Morgan fingerprint density at radius 2 is 2.00 bits per heavy atom. The van der Waals surface area contributed by atoms with Crippen molar-refractivity contribution < 1.29 is 14.7 Å². The van der Waals surface area contributed by atoms with Crippen molar-refractivity contribution in [2.75, 3.05) is 6.54 Å². The molecule has 12 heavy (non-hydrogen) atoms. The zero-order valence-corrected chi connectivity index (χ0v) is 7.98. The molecule has 0 spiro atoms. The second kappa shape index (κ2) is 7.06. The van der Waals surface area contributed by atoms with Crippen LogP contribution < -0.4 is 5.32 Å². The van der Waals surface area contributed by atoms with Gasteiger partial charge >= 0.3 is 5.97 Å². The Hall–Kier alpha value is -0.610. The van der Waals surface area contributed by atoms with Crippen LogP contribution in [0.25, 0.3) is 0 Å². The Kier molecular flexibility index (Phi) is 8.21. The minimum atomic E-state index is -0.970. The SMILES string of the molecule is CCNC(CC(C)=O)C(=O)O.Cl. The highest BCUT2D eigenvalue weighted by Crippen LogP contribution is 1.92. The van der Waals surface area contributed by atoms with Gasteiger partial charge < -0.3 is 10.4 Å². The van der Waals surface area contributed by atoms with Gasteiger partial charge in [0.25, 0.3) is 0 Å². The molecule has 0 amide bonds. The summed E-state index contributed by atoms with van der Waals surface area (Å²) < 4.78 is 0. The van der Waals surface area contributed by atoms with Crippen LogP contribution in [0.15, 0.2) is 0 Å². The molecule has 0 aromatic rings. The molecular formula is C7H14ClNO3. The quantitative estimate of drug-likeness (QED) is 0.669. The first kappa shape index (κ1) is 13.9. The molecule has 0 saturated heterocycles. The van der Waals surface area contributed by atoms with E-state index >= 15 is 0 Å². The number of carboxylic acids is 1. The number of aliphatic carboxylic acids is 1. The van der Waals surface area contributed by atoms with E-state index in [4.69, 9.17) is 5.11 Å². The summed E-state index contributed by atoms with van der Waals surface area (Å²) in [5.74, 6) is -1.08. The highest BCUT2D eigenvalue weighted by Gasteiger charge is 2.16. The van der Waals surface area contributed by atoms with Gasteiger partial charge in [-0.25, -0.2) is 0 Å². The van der Waals surface area contributed by atoms with Gasteiger partial charge in [-0.15, -0.1) is 12.4 Å². The molecule has 0 aromatic heterocycles. The lowest BCUT2D eigenvalue weighted by Crippen LogP contribution is -2.37. The van der Waals surface area contributed by atoms with E-state index in [1.807, 2.05) is 0 Å². The molecule has 0 radical (unpaired) electrons. The normalized spacial score (nSPS) is 11.5. The standard InChI is InChI=1S/C7H13NO3.ClH/c1-3-8-6(7(10)11)4-5(2)9;/h6,8H,3-4H2,1-2H3,(H,10,11);1H. The Labute approximate surface area is 77.7 Å². The summed E-state index contributed by atoms with van der Waals surface area (Å²) in [6, 6.07) is -0.725. The van der Waals surface area contributed by atoms with Gasteiger partial charge in [-0.2, -0.15) is 0 Å². The van der Waals surface area contributed by atoms with Gasteiger partial charge in [0.15, 0.2) is 0 Å². The second-order valence-electron chi connectivity index (χ2n) is 2.35. The van der Waals surface area contributed by atoms with Crippen LogP contribution in [0, 0.1) is 0 Å². The van der Waals surface area contributed by atoms with Crippen molar-refractivity contribution in [3.63, 3.8) is 0 Å². The smallest absolute Gasteiger partial charge is 0.321 e. The molecule has 0 aliphatic heterocycles. The van der Waals surface area contributed by atoms with Crippen molar-refractivity contribution in [2.24, 2.45) is 0 Å². The monoisotopic (exact) mass is 195 g/mol. The summed E-state index contributed by atoms with van der Waals surface area (Å²) in [4.78, 5) is 20.9. The Morgan fingerprint density at radius 1 is 1.50 bits per heavy atom. The summed E-state index contributed by atoms with van der Waals surface area (Å²) in [5, 5.41) is 11.2. The highest BCUT2D eigenvalue weighted by molar-refractivity contribution is 5.85. The van der Waals surface area contributed by atoms with E-state index in [9.17, 15) is 9.59 Å². The molecule has 0 rings (SSSR count). The van der Waals surface area contributed by atoms with Crippen LogP contribution >= 0.6 is 12.4 Å². The maximum atomic E-state index is 10.5. The lowest BCUT2D eigenvalue weighted by molar-refractivity contribution is -0.141. The predicted octanol–water partition coefficient (Wildman–Crippen LogP) is 0.450. The first-order valence-corrected chi connectivity index (χ1v) is 3.53. The lowest BCUT2D eigenvalue weighted by atomic mass is 10.1. The fraction of sp³-hybridized carbons (Fsp3) is 0.714. The fourth-order valence-corrected chi connectivity index (χ4v) is 0.781. The molecule has 2 N–H and O–H groups in total. The van der Waals surface area contributed by atoms with Crippen molar-refractivity contribution in [3.8, 4) is 0 Å². The van der Waals surface area contributed by atoms with Gasteiger partial charge in [0.1, 0.15) is 11.8 Å². The Bertz CT molecular complexity index is 161. The Balaban J connectivity index is 0. The molecule has 72 valence electrons. The van der Waals surface area contributed by atoms with Crippen LogP contribution in [0.4, 0.5) is 0 Å². The largest absolute Gasteiger partial charge is 0.480 e. The zero-order valence-electron chi connectivity index (χ0n) is 7.16. The fourth-order valence-electron chi connectivity index (χ4n) is 0.781. The number of ketones is 1. The van der Waals surface area contributed by atoms with Crippen molar-refractivity contribution in [1.29, 1.82) is 0 Å². The van der Waals surface area contributed by atoms with E-state index in [0.717, 1.165) is 0 Å². The molecule has 0 fully saturated rings. The topological polar surface area (TPSA) is 66.4 Å². The molecule has 1 unspecified atom stereocenters. The number of hydrogen-bond donors (Lipinski definition) is 2. The summed E-state index contributed by atoms with van der Waals surface area (Å²) in [5.41, 5.74) is 0. The third kappa shape index (κ3) is 6.12. The van der Waals surface area contributed by atoms with E-state index in [1.165, 1.54) is 6.92 Å². The van der Waals surface area contributed by atoms with Gasteiger partial charge in [-0.1, -0.05) is 6.92 Å². The summed E-state index contributed by atoms with van der Waals surface area (Å²) in [7, 11) is 0. The van der Waals surface area contributed by atoms with E-state index in [2.05, 4.69) is 5.32 Å². The zero-order chi connectivity index (χ0) is 8.85. The van der Waals surface area contributed by atoms with Crippen molar-refractivity contribution >= 4 is 24.2 Å². The molecule has 4 nitrogen and oxygen atoms in total. The number of carbonyl (C=O) groups excluding carboxylic acids is 1. The molecule has 0 saturated carbocycles. The number of Topliss-reactive ketones (excluding diaryl/α,β-unsaturated/α-hetero) is 1. The molecule has 1 atom stereocenters. The molecule has 0 bridgehead atoms. The van der Waals surface area contributed by atoms with E-state index in [1.54, 1.807) is 6.92 Å². The number of nitrogens with one attached hydrogen (secondary N) is 1. The van der Waals surface area contributed by atoms with Crippen LogP contribution in [-0.2, 0) is 9.59 Å². The minimum absolute atomic E-state index is 0. The molecule has 5 heteroatoms. The van der Waals surface area contributed by atoms with Crippen molar-refractivity contribution in [1.82, 2.24) is 5.32 Å². The first-order chi connectivity index (χ1) is 5.07. The minimum Gasteiger partial charge on any atom is -0.480 e. The van der Waals surface area contributed by atoms with Crippen LogP contribution in [0.1, 0.15) is 20.3 Å². The van der Waals surface area contributed by atoms with Gasteiger partial charge in [0.05, 0.1) is 0 Å². The molecule has 0 aliphatic carbocycles. The average molecular weight is 196 g/mol. The van der Waals surface area contributed by atoms with Gasteiger partial charge in [-0.05, 0) is 13.5 Å². The lowest BCUT2D eigenvalue weighted by Gasteiger charge is -2.09. The second-order valence-corrected chi connectivity index (χ2v) is 2.35. The summed E-state index contributed by atoms with van der Waals surface area (Å²) in [6.07, 6.45) is 0.0587. The van der Waals surface area contributed by atoms with Crippen LogP contribution in [-0.4, -0.2) is 29.4 Å². The third-order valence-corrected chi connectivity index (χ3v) is 1.24. The van der Waals surface area contributed by atoms with Crippen molar-refractivity contribution in [3.05, 3.63) is 0 Å². The number of halogens is 1. The number of carboxylic acid groups (broad SMARTS) is 1. The van der Waals surface area contributed by atoms with E-state index in [-0.39, 0.29) is 24.6 Å².